The van der Waals surface area contributed by atoms with Crippen molar-refractivity contribution in [2.75, 3.05) is 10.6 Å². The summed E-state index contributed by atoms with van der Waals surface area (Å²) in [7, 11) is 0. The van der Waals surface area contributed by atoms with Crippen LogP contribution >= 0.6 is 0 Å². The Morgan fingerprint density at radius 1 is 1.18 bits per heavy atom. The van der Waals surface area contributed by atoms with E-state index in [0.717, 1.165) is 17.1 Å². The van der Waals surface area contributed by atoms with Gasteiger partial charge >= 0.3 is 6.03 Å². The van der Waals surface area contributed by atoms with Crippen LogP contribution in [0.4, 0.5) is 22.0 Å². The van der Waals surface area contributed by atoms with Gasteiger partial charge in [-0.25, -0.2) is 9.78 Å². The van der Waals surface area contributed by atoms with Gasteiger partial charge in [0.15, 0.2) is 0 Å². The van der Waals surface area contributed by atoms with Crippen molar-refractivity contribution >= 4 is 29.4 Å². The fourth-order valence-corrected chi connectivity index (χ4v) is 2.60. The van der Waals surface area contributed by atoms with Gasteiger partial charge in [-0.2, -0.15) is 0 Å². The standard InChI is InChI=1S/C20H21N7O.2H2/c1-13-9-16(6-8-22-13)26-18-12-24-19(10-15(18)11-21)27-20(28)25-14(2)17-5-3-4-7-23-17;;/h3-12,14,21H,1-2H3,(H,22,26)(H2,24,25,27,28);2*1H/t14-;;/m0../s1. The van der Waals surface area contributed by atoms with Crippen LogP contribution in [0.3, 0.4) is 0 Å². The number of carbonyl (C=O) groups is 1. The highest BCUT2D eigenvalue weighted by atomic mass is 16.2. The van der Waals surface area contributed by atoms with Gasteiger partial charge < -0.3 is 16.0 Å². The van der Waals surface area contributed by atoms with Gasteiger partial charge in [-0.3, -0.25) is 15.3 Å². The normalized spacial score (nSPS) is 11.4. The Bertz CT molecular complexity index is 986. The first-order chi connectivity index (χ1) is 13.5. The van der Waals surface area contributed by atoms with Gasteiger partial charge in [0.25, 0.3) is 0 Å². The van der Waals surface area contributed by atoms with Crippen molar-refractivity contribution in [3.63, 3.8) is 0 Å². The van der Waals surface area contributed by atoms with E-state index in [2.05, 4.69) is 30.9 Å². The van der Waals surface area contributed by atoms with Gasteiger partial charge in [-0.05, 0) is 44.2 Å². The summed E-state index contributed by atoms with van der Waals surface area (Å²) in [6.07, 6.45) is 6.17. The molecule has 0 spiro atoms. The van der Waals surface area contributed by atoms with Crippen molar-refractivity contribution in [1.29, 1.82) is 5.41 Å². The molecule has 0 aliphatic carbocycles. The van der Waals surface area contributed by atoms with Crippen molar-refractivity contribution in [3.05, 3.63) is 71.9 Å². The summed E-state index contributed by atoms with van der Waals surface area (Å²) < 4.78 is 0. The third-order valence-corrected chi connectivity index (χ3v) is 3.99. The van der Waals surface area contributed by atoms with Crippen LogP contribution < -0.4 is 16.0 Å². The smallest absolute Gasteiger partial charge is 0.320 e. The van der Waals surface area contributed by atoms with Crippen molar-refractivity contribution in [3.8, 4) is 0 Å². The van der Waals surface area contributed by atoms with Gasteiger partial charge in [0.1, 0.15) is 5.82 Å². The molecule has 3 aromatic heterocycles. The van der Waals surface area contributed by atoms with Crippen LogP contribution in [0.15, 0.2) is 55.0 Å². The molecule has 146 valence electrons. The lowest BCUT2D eigenvalue weighted by molar-refractivity contribution is 0.249. The van der Waals surface area contributed by atoms with Crippen LogP contribution in [0.25, 0.3) is 0 Å². The summed E-state index contributed by atoms with van der Waals surface area (Å²) >= 11 is 0. The molecule has 0 bridgehead atoms. The number of amides is 2. The van der Waals surface area contributed by atoms with E-state index < -0.39 is 6.03 Å². The van der Waals surface area contributed by atoms with Gasteiger partial charge in [0, 0.05) is 38.4 Å². The number of pyridine rings is 3. The number of rotatable bonds is 6. The quantitative estimate of drug-likeness (QED) is 0.477. The lowest BCUT2D eigenvalue weighted by Gasteiger charge is -2.15. The number of hydrogen-bond donors (Lipinski definition) is 4. The fourth-order valence-electron chi connectivity index (χ4n) is 2.60. The van der Waals surface area contributed by atoms with Crippen LogP contribution in [0.5, 0.6) is 0 Å². The van der Waals surface area contributed by atoms with E-state index in [9.17, 15) is 4.79 Å². The first-order valence-corrected chi connectivity index (χ1v) is 8.74. The SMILES string of the molecule is Cc1cc(Nc2cnc(NC(=O)N[C@@H](C)c3ccccn3)cc2C=N)ccn1.[HH].[HH]. The van der Waals surface area contributed by atoms with E-state index in [4.69, 9.17) is 5.41 Å². The Kier molecular flexibility index (Phi) is 5.91. The summed E-state index contributed by atoms with van der Waals surface area (Å²) in [5, 5.41) is 16.4. The average molecular weight is 379 g/mol. The van der Waals surface area contributed by atoms with E-state index in [1.807, 2.05) is 44.2 Å². The zero-order valence-corrected chi connectivity index (χ0v) is 15.6. The highest BCUT2D eigenvalue weighted by Crippen LogP contribution is 2.21. The third-order valence-electron chi connectivity index (χ3n) is 3.99. The van der Waals surface area contributed by atoms with E-state index in [1.165, 1.54) is 6.21 Å². The fraction of sp³-hybridized carbons (Fsp3) is 0.150. The molecular formula is C20H25N7O. The Morgan fingerprint density at radius 3 is 2.75 bits per heavy atom. The molecule has 0 saturated carbocycles. The maximum absolute atomic E-state index is 12.2. The highest BCUT2D eigenvalue weighted by molar-refractivity contribution is 5.92. The molecule has 8 nitrogen and oxygen atoms in total. The Labute approximate surface area is 165 Å². The molecule has 0 radical (unpaired) electrons. The van der Waals surface area contributed by atoms with Gasteiger partial charge in [-0.1, -0.05) is 6.07 Å². The molecule has 2 amide bonds. The number of aryl methyl sites for hydroxylation is 1. The molecule has 0 aliphatic heterocycles. The van der Waals surface area contributed by atoms with Crippen LogP contribution in [0.1, 0.15) is 32.8 Å². The summed E-state index contributed by atoms with van der Waals surface area (Å²) in [5.41, 5.74) is 3.75. The number of carbonyl (C=O) groups excluding carboxylic acids is 1. The van der Waals surface area contributed by atoms with Crippen molar-refractivity contribution < 1.29 is 7.65 Å². The Morgan fingerprint density at radius 2 is 2.04 bits per heavy atom. The van der Waals surface area contributed by atoms with Crippen LogP contribution in [-0.4, -0.2) is 27.2 Å². The Balaban J connectivity index is 0.00000225. The molecule has 0 saturated heterocycles. The molecule has 3 aromatic rings. The first-order valence-electron chi connectivity index (χ1n) is 8.74. The molecule has 0 aromatic carbocycles. The summed E-state index contributed by atoms with van der Waals surface area (Å²) in [6, 6.07) is 10.2. The van der Waals surface area contributed by atoms with Crippen LogP contribution in [-0.2, 0) is 0 Å². The second-order valence-corrected chi connectivity index (χ2v) is 6.19. The lowest BCUT2D eigenvalue weighted by Crippen LogP contribution is -2.31. The van der Waals surface area contributed by atoms with Crippen molar-refractivity contribution in [2.24, 2.45) is 0 Å². The lowest BCUT2D eigenvalue weighted by atomic mass is 10.2. The van der Waals surface area contributed by atoms with E-state index >= 15 is 0 Å². The molecule has 1 atom stereocenters. The zero-order valence-electron chi connectivity index (χ0n) is 15.6. The zero-order chi connectivity index (χ0) is 19.9. The predicted molar refractivity (Wildman–Crippen MR) is 113 cm³/mol. The number of nitrogens with one attached hydrogen (secondary N) is 4. The number of hydrogen-bond acceptors (Lipinski definition) is 6. The third kappa shape index (κ3) is 4.88. The maximum atomic E-state index is 12.2. The molecule has 0 aliphatic rings. The van der Waals surface area contributed by atoms with Crippen LogP contribution in [0, 0.1) is 12.3 Å². The summed E-state index contributed by atoms with van der Waals surface area (Å²) in [5.74, 6) is 0.348. The molecular weight excluding hydrogens is 354 g/mol. The summed E-state index contributed by atoms with van der Waals surface area (Å²) in [4.78, 5) is 24.9. The monoisotopic (exact) mass is 379 g/mol. The highest BCUT2D eigenvalue weighted by Gasteiger charge is 2.12. The van der Waals surface area contributed by atoms with Gasteiger partial charge in [0.05, 0.1) is 23.6 Å². The molecule has 4 N–H and O–H groups in total. The van der Waals surface area contributed by atoms with Crippen molar-refractivity contribution in [1.82, 2.24) is 20.3 Å². The van der Waals surface area contributed by atoms with E-state index in [1.54, 1.807) is 24.7 Å². The van der Waals surface area contributed by atoms with E-state index in [-0.39, 0.29) is 8.90 Å². The largest absolute Gasteiger partial charge is 0.354 e. The van der Waals surface area contributed by atoms with Crippen molar-refractivity contribution in [2.45, 2.75) is 19.9 Å². The van der Waals surface area contributed by atoms with Gasteiger partial charge in [0.2, 0.25) is 0 Å². The minimum atomic E-state index is -0.396. The molecule has 28 heavy (non-hydrogen) atoms. The second-order valence-electron chi connectivity index (χ2n) is 6.19. The molecule has 8 heteroatoms. The average Bonchev–Trinajstić information content (AvgIpc) is 2.69. The first kappa shape index (κ1) is 19.0. The minimum Gasteiger partial charge on any atom is -0.354 e. The number of urea groups is 1. The number of nitrogens with zero attached hydrogens (tertiary/aromatic N) is 3. The minimum absolute atomic E-state index is 0. The molecule has 3 rings (SSSR count). The summed E-state index contributed by atoms with van der Waals surface area (Å²) in [6.45, 7) is 3.75. The Hall–Kier alpha value is -3.81. The maximum Gasteiger partial charge on any atom is 0.320 e. The topological polar surface area (TPSA) is 116 Å². The number of aromatic nitrogens is 3. The molecule has 3 heterocycles. The van der Waals surface area contributed by atoms with Gasteiger partial charge in [-0.15, -0.1) is 0 Å². The van der Waals surface area contributed by atoms with E-state index in [0.29, 0.717) is 17.1 Å². The second kappa shape index (κ2) is 8.72. The number of anilines is 3. The molecule has 0 unspecified atom stereocenters. The molecule has 0 fully saturated rings. The van der Waals surface area contributed by atoms with Crippen LogP contribution in [0.2, 0.25) is 0 Å². The predicted octanol–water partition coefficient (Wildman–Crippen LogP) is 4.30.